The van der Waals surface area contributed by atoms with Crippen LogP contribution in [0.15, 0.2) is 54.6 Å². The van der Waals surface area contributed by atoms with Gasteiger partial charge < -0.3 is 15.8 Å². The zero-order valence-corrected chi connectivity index (χ0v) is 13.1. The van der Waals surface area contributed by atoms with Gasteiger partial charge in [0, 0.05) is 12.1 Å². The van der Waals surface area contributed by atoms with Crippen molar-refractivity contribution in [2.45, 2.75) is 25.4 Å². The number of para-hydroxylation sites is 1. The SMILES string of the molecule is NC(C(=O)NCc1ccccc1OCC1CC1)c1ccccc1. The van der Waals surface area contributed by atoms with Gasteiger partial charge in [-0.3, -0.25) is 4.79 Å². The molecule has 1 amide bonds. The second-order valence-electron chi connectivity index (χ2n) is 5.97. The summed E-state index contributed by atoms with van der Waals surface area (Å²) in [5.41, 5.74) is 7.79. The number of carbonyl (C=O) groups is 1. The van der Waals surface area contributed by atoms with Crippen LogP contribution in [0, 0.1) is 5.92 Å². The number of rotatable bonds is 7. The van der Waals surface area contributed by atoms with Gasteiger partial charge in [0.25, 0.3) is 0 Å². The third-order valence-electron chi connectivity index (χ3n) is 4.04. The summed E-state index contributed by atoms with van der Waals surface area (Å²) in [6.45, 7) is 1.18. The highest BCUT2D eigenvalue weighted by atomic mass is 16.5. The first-order valence-corrected chi connectivity index (χ1v) is 8.03. The first-order valence-electron chi connectivity index (χ1n) is 8.03. The van der Waals surface area contributed by atoms with Crippen molar-refractivity contribution in [3.05, 3.63) is 65.7 Å². The second kappa shape index (κ2) is 7.29. The standard InChI is InChI=1S/C19H22N2O2/c20-18(15-6-2-1-3-7-15)19(22)21-12-16-8-4-5-9-17(16)23-13-14-10-11-14/h1-9,14,18H,10-13,20H2,(H,21,22). The van der Waals surface area contributed by atoms with Crippen LogP contribution in [0.1, 0.15) is 30.0 Å². The van der Waals surface area contributed by atoms with Gasteiger partial charge in [0.15, 0.2) is 0 Å². The largest absolute Gasteiger partial charge is 0.493 e. The van der Waals surface area contributed by atoms with Crippen LogP contribution < -0.4 is 15.8 Å². The Morgan fingerprint density at radius 1 is 1.13 bits per heavy atom. The predicted molar refractivity (Wildman–Crippen MR) is 89.9 cm³/mol. The minimum atomic E-state index is -0.657. The molecule has 4 nitrogen and oxygen atoms in total. The molecule has 1 fully saturated rings. The summed E-state index contributed by atoms with van der Waals surface area (Å²) >= 11 is 0. The number of hydrogen-bond donors (Lipinski definition) is 2. The van der Waals surface area contributed by atoms with E-state index in [1.165, 1.54) is 12.8 Å². The molecule has 120 valence electrons. The summed E-state index contributed by atoms with van der Waals surface area (Å²) < 4.78 is 5.86. The van der Waals surface area contributed by atoms with Crippen molar-refractivity contribution in [1.29, 1.82) is 0 Å². The summed E-state index contributed by atoms with van der Waals surface area (Å²) in [6.07, 6.45) is 2.51. The maximum absolute atomic E-state index is 12.2. The lowest BCUT2D eigenvalue weighted by atomic mass is 10.1. The molecule has 0 aliphatic heterocycles. The van der Waals surface area contributed by atoms with E-state index in [1.54, 1.807) is 0 Å². The lowest BCUT2D eigenvalue weighted by Crippen LogP contribution is -2.33. The monoisotopic (exact) mass is 310 g/mol. The number of benzene rings is 2. The Labute approximate surface area is 136 Å². The second-order valence-corrected chi connectivity index (χ2v) is 5.97. The predicted octanol–water partition coefficient (Wildman–Crippen LogP) is 2.79. The minimum Gasteiger partial charge on any atom is -0.493 e. The molecule has 0 saturated heterocycles. The Hall–Kier alpha value is -2.33. The Kier molecular flexibility index (Phi) is 4.93. The molecule has 1 saturated carbocycles. The zero-order valence-electron chi connectivity index (χ0n) is 13.1. The van der Waals surface area contributed by atoms with Crippen molar-refractivity contribution < 1.29 is 9.53 Å². The Morgan fingerprint density at radius 2 is 1.83 bits per heavy atom. The Morgan fingerprint density at radius 3 is 2.57 bits per heavy atom. The van der Waals surface area contributed by atoms with E-state index in [-0.39, 0.29) is 5.91 Å². The highest BCUT2D eigenvalue weighted by molar-refractivity contribution is 5.82. The first-order chi connectivity index (χ1) is 11.2. The van der Waals surface area contributed by atoms with Gasteiger partial charge in [0.05, 0.1) is 6.61 Å². The molecular weight excluding hydrogens is 288 g/mol. The van der Waals surface area contributed by atoms with E-state index in [9.17, 15) is 4.79 Å². The highest BCUT2D eigenvalue weighted by Gasteiger charge is 2.22. The molecule has 2 aromatic carbocycles. The van der Waals surface area contributed by atoms with Crippen LogP contribution in [-0.2, 0) is 11.3 Å². The summed E-state index contributed by atoms with van der Waals surface area (Å²) in [4.78, 5) is 12.2. The number of nitrogens with one attached hydrogen (secondary N) is 1. The normalized spacial score (nSPS) is 15.0. The van der Waals surface area contributed by atoms with E-state index >= 15 is 0 Å². The van der Waals surface area contributed by atoms with Crippen LogP contribution in [-0.4, -0.2) is 12.5 Å². The van der Waals surface area contributed by atoms with E-state index in [0.29, 0.717) is 12.5 Å². The smallest absolute Gasteiger partial charge is 0.241 e. The topological polar surface area (TPSA) is 64.4 Å². The number of carbonyl (C=O) groups excluding carboxylic acids is 1. The molecule has 1 aliphatic carbocycles. The van der Waals surface area contributed by atoms with Gasteiger partial charge in [0.2, 0.25) is 5.91 Å². The van der Waals surface area contributed by atoms with Gasteiger partial charge in [-0.05, 0) is 30.4 Å². The van der Waals surface area contributed by atoms with Crippen molar-refractivity contribution in [3.8, 4) is 5.75 Å². The third-order valence-corrected chi connectivity index (χ3v) is 4.04. The molecular formula is C19H22N2O2. The summed E-state index contributed by atoms with van der Waals surface area (Å²) in [6, 6.07) is 16.5. The highest BCUT2D eigenvalue weighted by Crippen LogP contribution is 2.30. The van der Waals surface area contributed by atoms with Gasteiger partial charge >= 0.3 is 0 Å². The summed E-state index contributed by atoms with van der Waals surface area (Å²) in [5.74, 6) is 1.35. The molecule has 2 aromatic rings. The number of nitrogens with two attached hydrogens (primary N) is 1. The van der Waals surface area contributed by atoms with Gasteiger partial charge in [-0.2, -0.15) is 0 Å². The van der Waals surface area contributed by atoms with Crippen molar-refractivity contribution in [1.82, 2.24) is 5.32 Å². The van der Waals surface area contributed by atoms with Crippen LogP contribution in [0.25, 0.3) is 0 Å². The zero-order chi connectivity index (χ0) is 16.1. The molecule has 1 atom stereocenters. The summed E-state index contributed by atoms with van der Waals surface area (Å²) in [5, 5.41) is 2.90. The molecule has 0 aromatic heterocycles. The van der Waals surface area contributed by atoms with Crippen molar-refractivity contribution in [2.24, 2.45) is 11.7 Å². The molecule has 1 aliphatic rings. The van der Waals surface area contributed by atoms with Crippen molar-refractivity contribution in [2.75, 3.05) is 6.61 Å². The molecule has 3 rings (SSSR count). The molecule has 23 heavy (non-hydrogen) atoms. The number of hydrogen-bond acceptors (Lipinski definition) is 3. The van der Waals surface area contributed by atoms with E-state index < -0.39 is 6.04 Å². The van der Waals surface area contributed by atoms with E-state index in [1.807, 2.05) is 54.6 Å². The maximum Gasteiger partial charge on any atom is 0.241 e. The van der Waals surface area contributed by atoms with Gasteiger partial charge in [-0.15, -0.1) is 0 Å². The van der Waals surface area contributed by atoms with Gasteiger partial charge in [-0.25, -0.2) is 0 Å². The maximum atomic E-state index is 12.2. The Bertz CT molecular complexity index is 653. The number of ether oxygens (including phenoxy) is 1. The average Bonchev–Trinajstić information content (AvgIpc) is 3.43. The van der Waals surface area contributed by atoms with Crippen LogP contribution in [0.3, 0.4) is 0 Å². The number of amides is 1. The van der Waals surface area contributed by atoms with Crippen LogP contribution >= 0.6 is 0 Å². The van der Waals surface area contributed by atoms with E-state index in [0.717, 1.165) is 23.5 Å². The molecule has 0 spiro atoms. The minimum absolute atomic E-state index is 0.187. The molecule has 0 bridgehead atoms. The van der Waals surface area contributed by atoms with Crippen LogP contribution in [0.2, 0.25) is 0 Å². The van der Waals surface area contributed by atoms with E-state index in [4.69, 9.17) is 10.5 Å². The van der Waals surface area contributed by atoms with Crippen LogP contribution in [0.5, 0.6) is 5.75 Å². The fraction of sp³-hybridized carbons (Fsp3) is 0.316. The first kappa shape index (κ1) is 15.6. The molecule has 0 heterocycles. The van der Waals surface area contributed by atoms with E-state index in [2.05, 4.69) is 5.32 Å². The lowest BCUT2D eigenvalue weighted by molar-refractivity contribution is -0.122. The molecule has 0 radical (unpaired) electrons. The Balaban J connectivity index is 1.58. The lowest BCUT2D eigenvalue weighted by Gasteiger charge is -2.15. The fourth-order valence-electron chi connectivity index (χ4n) is 2.39. The fourth-order valence-corrected chi connectivity index (χ4v) is 2.39. The van der Waals surface area contributed by atoms with Crippen molar-refractivity contribution >= 4 is 5.91 Å². The van der Waals surface area contributed by atoms with Gasteiger partial charge in [-0.1, -0.05) is 48.5 Å². The third kappa shape index (κ3) is 4.33. The van der Waals surface area contributed by atoms with Crippen LogP contribution in [0.4, 0.5) is 0 Å². The molecule has 1 unspecified atom stereocenters. The average molecular weight is 310 g/mol. The van der Waals surface area contributed by atoms with Crippen molar-refractivity contribution in [3.63, 3.8) is 0 Å². The molecule has 4 heteroatoms. The summed E-state index contributed by atoms with van der Waals surface area (Å²) in [7, 11) is 0. The van der Waals surface area contributed by atoms with Gasteiger partial charge in [0.1, 0.15) is 11.8 Å². The quantitative estimate of drug-likeness (QED) is 0.826. The molecule has 3 N–H and O–H groups in total.